The Kier molecular flexibility index (Phi) is 5.15. The summed E-state index contributed by atoms with van der Waals surface area (Å²) in [7, 11) is 0. The number of hydrogen-bond donors (Lipinski definition) is 1. The number of hydrogen-bond acceptors (Lipinski definition) is 3. The summed E-state index contributed by atoms with van der Waals surface area (Å²) < 4.78 is 19.0. The molecule has 0 spiro atoms. The summed E-state index contributed by atoms with van der Waals surface area (Å²) in [6.07, 6.45) is 3.33. The molecule has 0 amide bonds. The van der Waals surface area contributed by atoms with Crippen LogP contribution in [0, 0.1) is 5.82 Å². The monoisotopic (exact) mass is 296 g/mol. The lowest BCUT2D eigenvalue weighted by Gasteiger charge is -2.05. The highest BCUT2D eigenvalue weighted by atomic mass is 35.5. The second-order valence-corrected chi connectivity index (χ2v) is 5.37. The topological polar surface area (TPSA) is 38.1 Å². The molecule has 0 unspecified atom stereocenters. The Morgan fingerprint density at radius 2 is 2.20 bits per heavy atom. The molecule has 0 saturated heterocycles. The van der Waals surface area contributed by atoms with Crippen LogP contribution in [-0.2, 0) is 6.42 Å². The zero-order valence-electron chi connectivity index (χ0n) is 11.6. The molecule has 108 valence electrons. The maximum Gasteiger partial charge on any atom is 0.194 e. The highest BCUT2D eigenvalue weighted by Crippen LogP contribution is 2.25. The van der Waals surface area contributed by atoms with E-state index in [9.17, 15) is 4.39 Å². The van der Waals surface area contributed by atoms with Crippen LogP contribution < -0.4 is 5.32 Å². The van der Waals surface area contributed by atoms with Gasteiger partial charge in [0.25, 0.3) is 0 Å². The molecule has 2 rings (SSSR count). The summed E-state index contributed by atoms with van der Waals surface area (Å²) in [5.74, 6) is 0.775. The Hall–Kier alpha value is -1.39. The molecular formula is C15H18ClFN2O. The van der Waals surface area contributed by atoms with Crippen molar-refractivity contribution in [2.45, 2.75) is 32.7 Å². The molecule has 0 saturated carbocycles. The Bertz CT molecular complexity index is 569. The number of halogens is 2. The van der Waals surface area contributed by atoms with Crippen LogP contribution >= 0.6 is 11.6 Å². The predicted molar refractivity (Wildman–Crippen MR) is 78.4 cm³/mol. The van der Waals surface area contributed by atoms with Gasteiger partial charge in [-0.1, -0.05) is 25.4 Å². The molecule has 1 aromatic carbocycles. The number of aryl methyl sites for hydroxylation is 1. The smallest absolute Gasteiger partial charge is 0.194 e. The van der Waals surface area contributed by atoms with Crippen LogP contribution in [0.15, 0.2) is 28.8 Å². The molecule has 5 heteroatoms. The quantitative estimate of drug-likeness (QED) is 0.817. The van der Waals surface area contributed by atoms with Crippen molar-refractivity contribution in [2.24, 2.45) is 0 Å². The van der Waals surface area contributed by atoms with E-state index in [1.165, 1.54) is 12.1 Å². The summed E-state index contributed by atoms with van der Waals surface area (Å²) in [5, 5.41) is 3.44. The number of nitrogens with zero attached hydrogens (tertiary/aromatic N) is 1. The van der Waals surface area contributed by atoms with Crippen LogP contribution in [0.1, 0.15) is 26.2 Å². The van der Waals surface area contributed by atoms with E-state index in [1.807, 2.05) is 0 Å². The van der Waals surface area contributed by atoms with Crippen molar-refractivity contribution in [3.8, 4) is 11.3 Å². The van der Waals surface area contributed by atoms with E-state index in [2.05, 4.69) is 24.1 Å². The zero-order valence-corrected chi connectivity index (χ0v) is 12.4. The van der Waals surface area contributed by atoms with Crippen molar-refractivity contribution >= 4 is 11.6 Å². The molecule has 0 bridgehead atoms. The largest absolute Gasteiger partial charge is 0.441 e. The minimum atomic E-state index is -0.455. The molecule has 0 radical (unpaired) electrons. The van der Waals surface area contributed by atoms with Gasteiger partial charge in [0.15, 0.2) is 11.7 Å². The molecule has 3 nitrogen and oxygen atoms in total. The van der Waals surface area contributed by atoms with E-state index in [4.69, 9.17) is 16.0 Å². The van der Waals surface area contributed by atoms with Gasteiger partial charge in [-0.15, -0.1) is 0 Å². The van der Waals surface area contributed by atoms with Crippen LogP contribution in [0.5, 0.6) is 0 Å². The van der Waals surface area contributed by atoms with E-state index in [0.29, 0.717) is 23.3 Å². The van der Waals surface area contributed by atoms with Crippen molar-refractivity contribution in [3.63, 3.8) is 0 Å². The number of benzene rings is 1. The van der Waals surface area contributed by atoms with E-state index in [1.54, 1.807) is 12.3 Å². The SMILES string of the molecule is CC(C)NCCCc1ncc(-c2ccc(Cl)c(F)c2)o1. The first-order valence-electron chi connectivity index (χ1n) is 6.70. The minimum absolute atomic E-state index is 0.105. The maximum absolute atomic E-state index is 13.4. The van der Waals surface area contributed by atoms with Gasteiger partial charge in [-0.3, -0.25) is 0 Å². The average Bonchev–Trinajstić information content (AvgIpc) is 2.86. The van der Waals surface area contributed by atoms with Crippen LogP contribution in [0.4, 0.5) is 4.39 Å². The number of nitrogens with one attached hydrogen (secondary N) is 1. The van der Waals surface area contributed by atoms with Gasteiger partial charge < -0.3 is 9.73 Å². The fraction of sp³-hybridized carbons (Fsp3) is 0.400. The first kappa shape index (κ1) is 15.0. The van der Waals surface area contributed by atoms with Crippen LogP contribution in [0.2, 0.25) is 5.02 Å². The minimum Gasteiger partial charge on any atom is -0.441 e. The van der Waals surface area contributed by atoms with Crippen LogP contribution in [-0.4, -0.2) is 17.6 Å². The molecule has 0 atom stereocenters. The molecule has 1 N–H and O–H groups in total. The first-order valence-corrected chi connectivity index (χ1v) is 7.07. The molecule has 0 aliphatic carbocycles. The third-order valence-electron chi connectivity index (χ3n) is 2.88. The van der Waals surface area contributed by atoms with E-state index < -0.39 is 5.82 Å². The fourth-order valence-corrected chi connectivity index (χ4v) is 1.96. The van der Waals surface area contributed by atoms with Gasteiger partial charge in [-0.2, -0.15) is 0 Å². The normalized spacial score (nSPS) is 11.2. The molecule has 1 heterocycles. The Balaban J connectivity index is 1.96. The Labute approximate surface area is 123 Å². The van der Waals surface area contributed by atoms with Crippen molar-refractivity contribution in [3.05, 3.63) is 41.1 Å². The van der Waals surface area contributed by atoms with E-state index in [-0.39, 0.29) is 5.02 Å². The number of aromatic nitrogens is 1. The highest BCUT2D eigenvalue weighted by molar-refractivity contribution is 6.30. The zero-order chi connectivity index (χ0) is 14.5. The summed E-state index contributed by atoms with van der Waals surface area (Å²) >= 11 is 5.66. The summed E-state index contributed by atoms with van der Waals surface area (Å²) in [4.78, 5) is 4.21. The van der Waals surface area contributed by atoms with Gasteiger partial charge in [0.2, 0.25) is 0 Å². The fourth-order valence-electron chi connectivity index (χ4n) is 1.84. The molecule has 1 aromatic heterocycles. The van der Waals surface area contributed by atoms with Crippen molar-refractivity contribution < 1.29 is 8.81 Å². The summed E-state index contributed by atoms with van der Waals surface area (Å²) in [6.45, 7) is 5.14. The third kappa shape index (κ3) is 4.05. The van der Waals surface area contributed by atoms with Gasteiger partial charge in [-0.05, 0) is 31.2 Å². The summed E-state index contributed by atoms with van der Waals surface area (Å²) in [6, 6.07) is 5.07. The van der Waals surface area contributed by atoms with Crippen molar-refractivity contribution in [1.82, 2.24) is 10.3 Å². The lowest BCUT2D eigenvalue weighted by atomic mass is 10.2. The average molecular weight is 297 g/mol. The van der Waals surface area contributed by atoms with Crippen LogP contribution in [0.25, 0.3) is 11.3 Å². The molecule has 2 aromatic rings. The molecular weight excluding hydrogens is 279 g/mol. The Morgan fingerprint density at radius 1 is 1.40 bits per heavy atom. The van der Waals surface area contributed by atoms with Gasteiger partial charge in [0.1, 0.15) is 5.82 Å². The van der Waals surface area contributed by atoms with Gasteiger partial charge in [0, 0.05) is 18.0 Å². The molecule has 20 heavy (non-hydrogen) atoms. The van der Waals surface area contributed by atoms with E-state index >= 15 is 0 Å². The van der Waals surface area contributed by atoms with Crippen molar-refractivity contribution in [1.29, 1.82) is 0 Å². The predicted octanol–water partition coefficient (Wildman–Crippen LogP) is 4.06. The second kappa shape index (κ2) is 6.86. The first-order chi connectivity index (χ1) is 9.56. The van der Waals surface area contributed by atoms with Gasteiger partial charge in [0.05, 0.1) is 11.2 Å². The molecule has 0 fully saturated rings. The highest BCUT2D eigenvalue weighted by Gasteiger charge is 2.09. The lowest BCUT2D eigenvalue weighted by Crippen LogP contribution is -2.23. The van der Waals surface area contributed by atoms with Crippen LogP contribution in [0.3, 0.4) is 0 Å². The van der Waals surface area contributed by atoms with Crippen molar-refractivity contribution in [2.75, 3.05) is 6.54 Å². The lowest BCUT2D eigenvalue weighted by molar-refractivity contribution is 0.484. The summed E-state index contributed by atoms with van der Waals surface area (Å²) in [5.41, 5.74) is 0.644. The Morgan fingerprint density at radius 3 is 2.90 bits per heavy atom. The molecule has 0 aliphatic rings. The number of rotatable bonds is 6. The van der Waals surface area contributed by atoms with Gasteiger partial charge >= 0.3 is 0 Å². The number of oxazole rings is 1. The van der Waals surface area contributed by atoms with Gasteiger partial charge in [-0.25, -0.2) is 9.37 Å². The standard InChI is InChI=1S/C15H18ClFN2O/c1-10(2)18-7-3-4-15-19-9-14(20-15)11-5-6-12(16)13(17)8-11/h5-6,8-10,18H,3-4,7H2,1-2H3. The second-order valence-electron chi connectivity index (χ2n) is 4.96. The third-order valence-corrected chi connectivity index (χ3v) is 3.18. The maximum atomic E-state index is 13.4. The van der Waals surface area contributed by atoms with E-state index in [0.717, 1.165) is 19.4 Å². The molecule has 0 aliphatic heterocycles.